The van der Waals surface area contributed by atoms with Gasteiger partial charge in [-0.15, -0.1) is 0 Å². The first-order chi connectivity index (χ1) is 17.3. The van der Waals surface area contributed by atoms with Gasteiger partial charge in [-0.1, -0.05) is 18.2 Å². The van der Waals surface area contributed by atoms with Crippen LogP contribution >= 0.6 is 0 Å². The molecule has 12 heteroatoms. The lowest BCUT2D eigenvalue weighted by Crippen LogP contribution is -2.06. The van der Waals surface area contributed by atoms with Gasteiger partial charge in [0, 0.05) is 6.20 Å². The van der Waals surface area contributed by atoms with Crippen molar-refractivity contribution in [3.63, 3.8) is 0 Å². The Labute approximate surface area is 205 Å². The van der Waals surface area contributed by atoms with Crippen LogP contribution in [0.1, 0.15) is 22.3 Å². The standard InChI is InChI=1S/C25H16F6N2O4/c1-14-9-10-32-22-19(33(34)35)12-20(36-13-15-5-7-16(8-6-15)24(26,27)28)23(21(14)22)37-18-4-2-3-17(11-18)25(29,30)31/h2-12H,13H2,1H3. The molecule has 0 radical (unpaired) electrons. The maximum Gasteiger partial charge on any atom is 0.416 e. The zero-order chi connectivity index (χ0) is 27.0. The number of non-ortho nitro benzene ring substituents is 1. The number of nitro groups is 1. The zero-order valence-electron chi connectivity index (χ0n) is 18.9. The highest BCUT2D eigenvalue weighted by Crippen LogP contribution is 2.45. The second kappa shape index (κ2) is 9.60. The molecule has 0 aliphatic carbocycles. The predicted molar refractivity (Wildman–Crippen MR) is 120 cm³/mol. The Morgan fingerprint density at radius 3 is 2.22 bits per heavy atom. The fourth-order valence-corrected chi connectivity index (χ4v) is 3.57. The third-order valence-corrected chi connectivity index (χ3v) is 5.37. The van der Waals surface area contributed by atoms with Crippen molar-refractivity contribution in [2.24, 2.45) is 0 Å². The summed E-state index contributed by atoms with van der Waals surface area (Å²) >= 11 is 0. The molecule has 0 saturated heterocycles. The third kappa shape index (κ3) is 5.57. The SMILES string of the molecule is Cc1ccnc2c([N+](=O)[O-])cc(OCc3ccc(C(F)(F)F)cc3)c(Oc3cccc(C(F)(F)F)c3)c12. The van der Waals surface area contributed by atoms with Crippen LogP contribution < -0.4 is 9.47 Å². The Morgan fingerprint density at radius 1 is 0.919 bits per heavy atom. The first-order valence-electron chi connectivity index (χ1n) is 10.6. The van der Waals surface area contributed by atoms with Crippen molar-refractivity contribution in [1.29, 1.82) is 0 Å². The van der Waals surface area contributed by atoms with Crippen molar-refractivity contribution in [3.8, 4) is 17.2 Å². The average molecular weight is 522 g/mol. The Morgan fingerprint density at radius 2 is 1.59 bits per heavy atom. The molecule has 4 aromatic rings. The van der Waals surface area contributed by atoms with Gasteiger partial charge in [-0.05, 0) is 54.4 Å². The molecule has 192 valence electrons. The minimum Gasteiger partial charge on any atom is -0.485 e. The average Bonchev–Trinajstić information content (AvgIpc) is 2.82. The summed E-state index contributed by atoms with van der Waals surface area (Å²) in [5.74, 6) is -0.544. The normalized spacial score (nSPS) is 12.0. The van der Waals surface area contributed by atoms with Crippen molar-refractivity contribution in [1.82, 2.24) is 4.98 Å². The van der Waals surface area contributed by atoms with E-state index in [9.17, 15) is 36.5 Å². The number of nitrogens with zero attached hydrogens (tertiary/aromatic N) is 2. The van der Waals surface area contributed by atoms with Gasteiger partial charge in [0.1, 0.15) is 12.4 Å². The van der Waals surface area contributed by atoms with E-state index < -0.39 is 34.1 Å². The highest BCUT2D eigenvalue weighted by atomic mass is 19.4. The summed E-state index contributed by atoms with van der Waals surface area (Å²) in [6.45, 7) is 1.30. The Hall–Kier alpha value is -4.35. The summed E-state index contributed by atoms with van der Waals surface area (Å²) in [4.78, 5) is 15.1. The summed E-state index contributed by atoms with van der Waals surface area (Å²) in [5.41, 5.74) is -1.59. The van der Waals surface area contributed by atoms with E-state index >= 15 is 0 Å². The molecule has 3 aromatic carbocycles. The lowest BCUT2D eigenvalue weighted by molar-refractivity contribution is -0.383. The fraction of sp³-hybridized carbons (Fsp3) is 0.160. The van der Waals surface area contributed by atoms with Gasteiger partial charge in [-0.3, -0.25) is 10.1 Å². The number of aryl methyl sites for hydroxylation is 1. The second-order valence-corrected chi connectivity index (χ2v) is 7.94. The molecular formula is C25H16F6N2O4. The van der Waals surface area contributed by atoms with Crippen LogP contribution in [0.2, 0.25) is 0 Å². The first-order valence-corrected chi connectivity index (χ1v) is 10.6. The summed E-state index contributed by atoms with van der Waals surface area (Å²) in [7, 11) is 0. The van der Waals surface area contributed by atoms with Crippen LogP contribution in [0.15, 0.2) is 66.9 Å². The maximum absolute atomic E-state index is 13.2. The third-order valence-electron chi connectivity index (χ3n) is 5.37. The Bertz CT molecular complexity index is 1470. The van der Waals surface area contributed by atoms with Gasteiger partial charge in [-0.25, -0.2) is 4.98 Å². The van der Waals surface area contributed by atoms with Crippen LogP contribution in [0.5, 0.6) is 17.2 Å². The van der Waals surface area contributed by atoms with Crippen molar-refractivity contribution in [2.45, 2.75) is 25.9 Å². The van der Waals surface area contributed by atoms with E-state index in [0.717, 1.165) is 36.4 Å². The number of hydrogen-bond acceptors (Lipinski definition) is 5. The van der Waals surface area contributed by atoms with Crippen LogP contribution in [0.3, 0.4) is 0 Å². The van der Waals surface area contributed by atoms with Gasteiger partial charge in [0.05, 0.1) is 27.5 Å². The number of alkyl halides is 6. The van der Waals surface area contributed by atoms with Gasteiger partial charge >= 0.3 is 12.4 Å². The maximum atomic E-state index is 13.2. The van der Waals surface area contributed by atoms with Gasteiger partial charge in [0.2, 0.25) is 0 Å². The van der Waals surface area contributed by atoms with Crippen molar-refractivity contribution in [3.05, 3.63) is 99.2 Å². The number of halogens is 6. The van der Waals surface area contributed by atoms with E-state index in [-0.39, 0.29) is 34.8 Å². The van der Waals surface area contributed by atoms with E-state index in [0.29, 0.717) is 11.1 Å². The first kappa shape index (κ1) is 25.7. The number of aromatic nitrogens is 1. The monoisotopic (exact) mass is 522 g/mol. The van der Waals surface area contributed by atoms with Gasteiger partial charge in [0.25, 0.3) is 5.69 Å². The lowest BCUT2D eigenvalue weighted by Gasteiger charge is -2.17. The van der Waals surface area contributed by atoms with Gasteiger partial charge < -0.3 is 9.47 Å². The van der Waals surface area contributed by atoms with Gasteiger partial charge in [0.15, 0.2) is 17.0 Å². The number of fused-ring (bicyclic) bond motifs is 1. The van der Waals surface area contributed by atoms with E-state index in [2.05, 4.69) is 4.98 Å². The number of rotatable bonds is 6. The number of hydrogen-bond donors (Lipinski definition) is 0. The van der Waals surface area contributed by atoms with Crippen molar-refractivity contribution in [2.75, 3.05) is 0 Å². The van der Waals surface area contributed by atoms with E-state index in [1.54, 1.807) is 6.92 Å². The molecule has 4 rings (SSSR count). The molecule has 0 aliphatic rings. The second-order valence-electron chi connectivity index (χ2n) is 7.94. The number of nitro benzene ring substituents is 1. The molecule has 0 N–H and O–H groups in total. The molecule has 37 heavy (non-hydrogen) atoms. The quantitative estimate of drug-likeness (QED) is 0.146. The van der Waals surface area contributed by atoms with E-state index in [1.165, 1.54) is 30.5 Å². The smallest absolute Gasteiger partial charge is 0.416 e. The lowest BCUT2D eigenvalue weighted by atomic mass is 10.1. The summed E-state index contributed by atoms with van der Waals surface area (Å²) < 4.78 is 89.7. The van der Waals surface area contributed by atoms with Crippen LogP contribution in [0.25, 0.3) is 10.9 Å². The molecule has 6 nitrogen and oxygen atoms in total. The fourth-order valence-electron chi connectivity index (χ4n) is 3.57. The molecule has 0 saturated carbocycles. The molecule has 0 atom stereocenters. The predicted octanol–water partition coefficient (Wildman–Crippen LogP) is 7.86. The van der Waals surface area contributed by atoms with E-state index in [4.69, 9.17) is 9.47 Å². The summed E-state index contributed by atoms with van der Waals surface area (Å²) in [6.07, 6.45) is -7.84. The van der Waals surface area contributed by atoms with Crippen molar-refractivity contribution >= 4 is 16.6 Å². The van der Waals surface area contributed by atoms with Crippen LogP contribution in [-0.2, 0) is 19.0 Å². The molecular weight excluding hydrogens is 506 g/mol. The Kier molecular flexibility index (Phi) is 6.68. The van der Waals surface area contributed by atoms with Crippen LogP contribution in [0.4, 0.5) is 32.0 Å². The molecule has 0 unspecified atom stereocenters. The molecule has 0 fully saturated rings. The molecule has 0 spiro atoms. The summed E-state index contributed by atoms with van der Waals surface area (Å²) in [5, 5.41) is 11.9. The number of benzene rings is 3. The van der Waals surface area contributed by atoms with Gasteiger partial charge in [-0.2, -0.15) is 26.3 Å². The molecule has 1 heterocycles. The van der Waals surface area contributed by atoms with Crippen LogP contribution in [0, 0.1) is 17.0 Å². The molecule has 0 aliphatic heterocycles. The number of ether oxygens (including phenoxy) is 2. The highest BCUT2D eigenvalue weighted by molar-refractivity contribution is 5.97. The van der Waals surface area contributed by atoms with Crippen LogP contribution in [-0.4, -0.2) is 9.91 Å². The zero-order valence-corrected chi connectivity index (χ0v) is 18.9. The largest absolute Gasteiger partial charge is 0.485 e. The summed E-state index contributed by atoms with van der Waals surface area (Å²) in [6, 6.07) is 10.6. The minimum absolute atomic E-state index is 0.0751. The number of pyridine rings is 1. The van der Waals surface area contributed by atoms with Crippen molar-refractivity contribution < 1.29 is 40.7 Å². The Balaban J connectivity index is 1.80. The highest BCUT2D eigenvalue weighted by Gasteiger charge is 2.32. The van der Waals surface area contributed by atoms with E-state index in [1.807, 2.05) is 0 Å². The minimum atomic E-state index is -4.64. The molecule has 0 amide bonds. The molecule has 0 bridgehead atoms. The molecule has 1 aromatic heterocycles. The topological polar surface area (TPSA) is 74.5 Å².